The Kier molecular flexibility index (Phi) is 5.07. The topological polar surface area (TPSA) is 106 Å². The molecule has 150 valence electrons. The fourth-order valence-electron chi connectivity index (χ4n) is 2.86. The molecule has 0 aliphatic heterocycles. The van der Waals surface area contributed by atoms with Crippen molar-refractivity contribution < 1.29 is 23.2 Å². The zero-order valence-electron chi connectivity index (χ0n) is 15.1. The first kappa shape index (κ1) is 19.2. The average molecular weight is 419 g/mol. The first-order valence-corrected chi connectivity index (χ1v) is 9.42. The number of aryl methyl sites for hydroxylation is 1. The second-order valence-corrected chi connectivity index (χ2v) is 7.20. The zero-order valence-corrected chi connectivity index (χ0v) is 16.0. The molecular weight excluding hydrogens is 404 g/mol. The van der Waals surface area contributed by atoms with E-state index in [0.717, 1.165) is 23.5 Å². The molecule has 0 unspecified atom stereocenters. The molecule has 0 aliphatic carbocycles. The number of nitrogens with zero attached hydrogens (tertiary/aromatic N) is 4. The van der Waals surface area contributed by atoms with Crippen LogP contribution in [0.15, 0.2) is 28.8 Å². The molecule has 0 fully saturated rings. The number of carbonyl (C=O) groups is 1. The fourth-order valence-corrected chi connectivity index (χ4v) is 3.91. The first-order valence-electron chi connectivity index (χ1n) is 8.60. The molecule has 0 atom stereocenters. The number of nitrogens with one attached hydrogen (secondary N) is 1. The summed E-state index contributed by atoms with van der Waals surface area (Å²) < 4.78 is 34.0. The molecule has 4 rings (SSSR count). The molecule has 0 saturated carbocycles. The maximum atomic E-state index is 14.3. The number of hydrogen-bond donors (Lipinski definition) is 2. The summed E-state index contributed by atoms with van der Waals surface area (Å²) in [6.07, 6.45) is 0. The van der Waals surface area contributed by atoms with Crippen molar-refractivity contribution >= 4 is 27.5 Å². The third-order valence-electron chi connectivity index (χ3n) is 4.11. The Hall–Kier alpha value is -3.18. The molecule has 0 spiro atoms. The van der Waals surface area contributed by atoms with Crippen LogP contribution in [0.25, 0.3) is 21.5 Å². The summed E-state index contributed by atoms with van der Waals surface area (Å²) in [5.74, 6) is -1.09. The van der Waals surface area contributed by atoms with E-state index in [9.17, 15) is 18.7 Å². The monoisotopic (exact) mass is 419 g/mol. The number of aliphatic hydroxyl groups is 1. The summed E-state index contributed by atoms with van der Waals surface area (Å²) in [6.45, 7) is 1.72. The second kappa shape index (κ2) is 7.68. The minimum absolute atomic E-state index is 0.0656. The van der Waals surface area contributed by atoms with Gasteiger partial charge in [0.25, 0.3) is 5.91 Å². The van der Waals surface area contributed by atoms with Crippen LogP contribution in [-0.4, -0.2) is 37.5 Å². The Bertz CT molecular complexity index is 1200. The third-order valence-corrected chi connectivity index (χ3v) is 5.26. The van der Waals surface area contributed by atoms with Crippen molar-refractivity contribution in [2.75, 3.05) is 6.61 Å². The van der Waals surface area contributed by atoms with E-state index in [-0.39, 0.29) is 42.8 Å². The number of halogens is 2. The highest BCUT2D eigenvalue weighted by atomic mass is 32.1. The van der Waals surface area contributed by atoms with Crippen LogP contribution in [0.5, 0.6) is 0 Å². The maximum absolute atomic E-state index is 14.3. The second-order valence-electron chi connectivity index (χ2n) is 6.17. The highest BCUT2D eigenvalue weighted by molar-refractivity contribution is 7.20. The minimum Gasteiger partial charge on any atom is -0.394 e. The van der Waals surface area contributed by atoms with Gasteiger partial charge in [-0.2, -0.15) is 10.1 Å². The molecule has 3 aromatic heterocycles. The predicted molar refractivity (Wildman–Crippen MR) is 100 cm³/mol. The fraction of sp³-hybridized carbons (Fsp3) is 0.222. The van der Waals surface area contributed by atoms with Crippen molar-refractivity contribution in [2.24, 2.45) is 0 Å². The van der Waals surface area contributed by atoms with E-state index < -0.39 is 11.6 Å². The molecule has 0 aliphatic rings. The van der Waals surface area contributed by atoms with Gasteiger partial charge in [-0.05, 0) is 25.1 Å². The SMILES string of the molecule is Cc1noc(CNC(=O)c2cc3c(-c4ccc(F)cc4F)nn(CCO)c3s2)n1. The largest absolute Gasteiger partial charge is 0.394 e. The summed E-state index contributed by atoms with van der Waals surface area (Å²) in [5.41, 5.74) is 0.382. The number of fused-ring (bicyclic) bond motifs is 1. The van der Waals surface area contributed by atoms with Gasteiger partial charge in [-0.15, -0.1) is 11.3 Å². The summed E-state index contributed by atoms with van der Waals surface area (Å²) in [7, 11) is 0. The third kappa shape index (κ3) is 3.74. The van der Waals surface area contributed by atoms with E-state index in [4.69, 9.17) is 4.52 Å². The minimum atomic E-state index is -0.760. The molecule has 8 nitrogen and oxygen atoms in total. The number of hydrogen-bond acceptors (Lipinski definition) is 7. The molecule has 4 aromatic rings. The molecule has 29 heavy (non-hydrogen) atoms. The quantitative estimate of drug-likeness (QED) is 0.498. The number of benzene rings is 1. The summed E-state index contributed by atoms with van der Waals surface area (Å²) in [4.78, 5) is 17.5. The summed E-state index contributed by atoms with van der Waals surface area (Å²) >= 11 is 1.15. The molecular formula is C18H15F2N5O3S. The lowest BCUT2D eigenvalue weighted by Crippen LogP contribution is -2.22. The van der Waals surface area contributed by atoms with Crippen molar-refractivity contribution in [3.8, 4) is 11.3 Å². The van der Waals surface area contributed by atoms with Gasteiger partial charge in [-0.25, -0.2) is 8.78 Å². The lowest BCUT2D eigenvalue weighted by Gasteiger charge is -2.02. The normalized spacial score (nSPS) is 11.3. The molecule has 2 N–H and O–H groups in total. The molecule has 0 radical (unpaired) electrons. The Morgan fingerprint density at radius 3 is 2.86 bits per heavy atom. The van der Waals surface area contributed by atoms with Crippen LogP contribution in [0.1, 0.15) is 21.4 Å². The molecule has 11 heteroatoms. The van der Waals surface area contributed by atoms with E-state index >= 15 is 0 Å². The van der Waals surface area contributed by atoms with Crippen LogP contribution in [0.3, 0.4) is 0 Å². The van der Waals surface area contributed by atoms with Crippen LogP contribution in [0.2, 0.25) is 0 Å². The van der Waals surface area contributed by atoms with Crippen molar-refractivity contribution in [1.29, 1.82) is 0 Å². The Morgan fingerprint density at radius 2 is 2.17 bits per heavy atom. The van der Waals surface area contributed by atoms with E-state index in [1.807, 2.05) is 0 Å². The Balaban J connectivity index is 1.69. The average Bonchev–Trinajstić information content (AvgIpc) is 3.37. The molecule has 0 bridgehead atoms. The van der Waals surface area contributed by atoms with Crippen LogP contribution in [-0.2, 0) is 13.1 Å². The van der Waals surface area contributed by atoms with Crippen LogP contribution >= 0.6 is 11.3 Å². The number of aliphatic hydroxyl groups excluding tert-OH is 1. The Labute approximate surface area is 166 Å². The lowest BCUT2D eigenvalue weighted by molar-refractivity contribution is 0.0950. The molecule has 3 heterocycles. The number of carbonyl (C=O) groups excluding carboxylic acids is 1. The number of amides is 1. The van der Waals surface area contributed by atoms with Crippen LogP contribution in [0.4, 0.5) is 8.78 Å². The van der Waals surface area contributed by atoms with Crippen molar-refractivity contribution in [3.05, 3.63) is 52.5 Å². The smallest absolute Gasteiger partial charge is 0.261 e. The van der Waals surface area contributed by atoms with E-state index in [0.29, 0.717) is 20.9 Å². The molecule has 0 saturated heterocycles. The van der Waals surface area contributed by atoms with Gasteiger partial charge in [0.15, 0.2) is 5.82 Å². The lowest BCUT2D eigenvalue weighted by atomic mass is 10.1. The van der Waals surface area contributed by atoms with Crippen molar-refractivity contribution in [2.45, 2.75) is 20.0 Å². The van der Waals surface area contributed by atoms with Gasteiger partial charge in [-0.1, -0.05) is 5.16 Å². The zero-order chi connectivity index (χ0) is 20.5. The highest BCUT2D eigenvalue weighted by Gasteiger charge is 2.21. The number of thiophene rings is 1. The van der Waals surface area contributed by atoms with Crippen LogP contribution in [0, 0.1) is 18.6 Å². The van der Waals surface area contributed by atoms with Gasteiger partial charge < -0.3 is 14.9 Å². The summed E-state index contributed by atoms with van der Waals surface area (Å²) in [6, 6.07) is 4.80. The molecule has 1 amide bonds. The van der Waals surface area contributed by atoms with E-state index in [1.54, 1.807) is 13.0 Å². The number of rotatable bonds is 6. The first-order chi connectivity index (χ1) is 14.0. The maximum Gasteiger partial charge on any atom is 0.261 e. The van der Waals surface area contributed by atoms with Crippen molar-refractivity contribution in [3.63, 3.8) is 0 Å². The predicted octanol–water partition coefficient (Wildman–Crippen LogP) is 2.66. The van der Waals surface area contributed by atoms with Gasteiger partial charge in [0.05, 0.1) is 24.6 Å². The Morgan fingerprint density at radius 1 is 1.34 bits per heavy atom. The standard InChI is InChI=1S/C18H15F2N5O3S/c1-9-22-15(28-24-9)8-21-17(27)14-7-12-16(11-3-2-10(19)6-13(11)20)23-25(4-5-26)18(12)29-14/h2-3,6-7,26H,4-5,8H2,1H3,(H,21,27). The molecule has 1 aromatic carbocycles. The van der Waals surface area contributed by atoms with Gasteiger partial charge in [0, 0.05) is 17.0 Å². The van der Waals surface area contributed by atoms with E-state index in [1.165, 1.54) is 10.7 Å². The van der Waals surface area contributed by atoms with E-state index in [2.05, 4.69) is 20.6 Å². The van der Waals surface area contributed by atoms with Gasteiger partial charge in [0.2, 0.25) is 5.89 Å². The van der Waals surface area contributed by atoms with Gasteiger partial charge in [-0.3, -0.25) is 9.48 Å². The van der Waals surface area contributed by atoms with Crippen LogP contribution < -0.4 is 5.32 Å². The van der Waals surface area contributed by atoms with Gasteiger partial charge in [0.1, 0.15) is 22.2 Å². The van der Waals surface area contributed by atoms with Gasteiger partial charge >= 0.3 is 0 Å². The summed E-state index contributed by atoms with van der Waals surface area (Å²) in [5, 5.41) is 20.5. The van der Waals surface area contributed by atoms with Crippen molar-refractivity contribution in [1.82, 2.24) is 25.2 Å². The highest BCUT2D eigenvalue weighted by Crippen LogP contribution is 2.35. The number of aromatic nitrogens is 4.